The largest absolute Gasteiger partial charge is 0.467 e. The molecule has 2 heterocycles. The van der Waals surface area contributed by atoms with Crippen molar-refractivity contribution in [1.29, 1.82) is 0 Å². The van der Waals surface area contributed by atoms with Gasteiger partial charge in [-0.1, -0.05) is 6.92 Å². The van der Waals surface area contributed by atoms with Crippen LogP contribution in [0.1, 0.15) is 35.9 Å². The summed E-state index contributed by atoms with van der Waals surface area (Å²) in [4.78, 5) is 13.8. The third kappa shape index (κ3) is 4.33. The van der Waals surface area contributed by atoms with E-state index in [9.17, 15) is 13.2 Å². The van der Waals surface area contributed by atoms with Gasteiger partial charge in [-0.15, -0.1) is 0 Å². The monoisotopic (exact) mass is 344 g/mol. The van der Waals surface area contributed by atoms with Gasteiger partial charge in [0.05, 0.1) is 26.2 Å². The first-order valence-electron chi connectivity index (χ1n) is 7.70. The minimum Gasteiger partial charge on any atom is -0.467 e. The molecule has 0 radical (unpaired) electrons. The molecule has 2 rings (SSSR count). The summed E-state index contributed by atoms with van der Waals surface area (Å²) in [7, 11) is -1.83. The number of hydrogen-bond donors (Lipinski definition) is 0. The second kappa shape index (κ2) is 7.46. The van der Waals surface area contributed by atoms with Crippen LogP contribution in [-0.4, -0.2) is 62.6 Å². The van der Waals surface area contributed by atoms with Crippen LogP contribution < -0.4 is 0 Å². The van der Waals surface area contributed by atoms with Crippen molar-refractivity contribution >= 4 is 16.0 Å². The Hall–Kier alpha value is -1.38. The molecular formula is C15H24N2O5S. The Morgan fingerprint density at radius 2 is 2.09 bits per heavy atom. The third-order valence-corrected chi connectivity index (χ3v) is 5.63. The second-order valence-corrected chi connectivity index (χ2v) is 7.66. The molecule has 0 aliphatic carbocycles. The fraction of sp³-hybridized carbons (Fsp3) is 0.667. The maximum absolute atomic E-state index is 11.8. The standard InChI is InChI=1S/C15H24N2O5S/c1-4-17(23(3,19)20)12-5-8-16(9-6-12)11-14-13(7-10-22-14)15(18)21-2/h7,10,12H,4-6,8-9,11H2,1-3H3. The highest BCUT2D eigenvalue weighted by Gasteiger charge is 2.29. The van der Waals surface area contributed by atoms with E-state index < -0.39 is 16.0 Å². The van der Waals surface area contributed by atoms with Gasteiger partial charge >= 0.3 is 5.97 Å². The maximum atomic E-state index is 11.8. The number of likely N-dealkylation sites (tertiary alicyclic amines) is 1. The molecule has 0 N–H and O–H groups in total. The summed E-state index contributed by atoms with van der Waals surface area (Å²) in [6.07, 6.45) is 4.29. The zero-order chi connectivity index (χ0) is 17.0. The van der Waals surface area contributed by atoms with Crippen molar-refractivity contribution in [3.8, 4) is 0 Å². The quantitative estimate of drug-likeness (QED) is 0.724. The number of furan rings is 1. The average Bonchev–Trinajstić information content (AvgIpc) is 2.95. The van der Waals surface area contributed by atoms with Gasteiger partial charge in [0.1, 0.15) is 11.3 Å². The van der Waals surface area contributed by atoms with Gasteiger partial charge in [0.2, 0.25) is 10.0 Å². The zero-order valence-electron chi connectivity index (χ0n) is 13.8. The fourth-order valence-corrected chi connectivity index (χ4v) is 4.31. The highest BCUT2D eigenvalue weighted by atomic mass is 32.2. The minimum atomic E-state index is -3.17. The number of methoxy groups -OCH3 is 1. The smallest absolute Gasteiger partial charge is 0.341 e. The second-order valence-electron chi connectivity index (χ2n) is 5.72. The summed E-state index contributed by atoms with van der Waals surface area (Å²) in [6.45, 7) is 4.40. The number of esters is 1. The average molecular weight is 344 g/mol. The van der Waals surface area contributed by atoms with Crippen molar-refractivity contribution in [3.63, 3.8) is 0 Å². The SMILES string of the molecule is CCN(C1CCN(Cc2occc2C(=O)OC)CC1)S(C)(=O)=O. The molecule has 8 heteroatoms. The predicted molar refractivity (Wildman–Crippen MR) is 85.6 cm³/mol. The maximum Gasteiger partial charge on any atom is 0.341 e. The van der Waals surface area contributed by atoms with Crippen LogP contribution in [0, 0.1) is 0 Å². The van der Waals surface area contributed by atoms with Gasteiger partial charge in [-0.2, -0.15) is 4.31 Å². The number of carbonyl (C=O) groups excluding carboxylic acids is 1. The predicted octanol–water partition coefficient (Wildman–Crippen LogP) is 1.31. The van der Waals surface area contributed by atoms with Crippen LogP contribution in [0.15, 0.2) is 16.7 Å². The zero-order valence-corrected chi connectivity index (χ0v) is 14.6. The number of rotatable bonds is 6. The summed E-state index contributed by atoms with van der Waals surface area (Å²) < 4.78 is 35.3. The van der Waals surface area contributed by atoms with Crippen molar-refractivity contribution < 1.29 is 22.4 Å². The van der Waals surface area contributed by atoms with Crippen LogP contribution in [0.2, 0.25) is 0 Å². The van der Waals surface area contributed by atoms with E-state index in [1.807, 2.05) is 6.92 Å². The summed E-state index contributed by atoms with van der Waals surface area (Å²) in [5, 5.41) is 0. The Kier molecular flexibility index (Phi) is 5.83. The summed E-state index contributed by atoms with van der Waals surface area (Å²) >= 11 is 0. The Labute approximate surface area is 137 Å². The highest BCUT2D eigenvalue weighted by molar-refractivity contribution is 7.88. The van der Waals surface area contributed by atoms with E-state index in [0.717, 1.165) is 25.9 Å². The molecule has 1 aliphatic heterocycles. The molecule has 1 aliphatic rings. The molecule has 0 spiro atoms. The molecule has 1 aromatic rings. The number of ether oxygens (including phenoxy) is 1. The van der Waals surface area contributed by atoms with Gasteiger partial charge in [-0.25, -0.2) is 13.2 Å². The topological polar surface area (TPSA) is 80.1 Å². The van der Waals surface area contributed by atoms with E-state index >= 15 is 0 Å². The molecule has 23 heavy (non-hydrogen) atoms. The van der Waals surface area contributed by atoms with Crippen molar-refractivity contribution in [3.05, 3.63) is 23.7 Å². The first kappa shape index (κ1) is 18.0. The molecule has 0 amide bonds. The van der Waals surface area contributed by atoms with E-state index in [1.54, 1.807) is 10.4 Å². The van der Waals surface area contributed by atoms with Gasteiger partial charge in [0.25, 0.3) is 0 Å². The van der Waals surface area contributed by atoms with Crippen LogP contribution in [0.3, 0.4) is 0 Å². The van der Waals surface area contributed by atoms with Crippen molar-refractivity contribution in [1.82, 2.24) is 9.21 Å². The van der Waals surface area contributed by atoms with Crippen LogP contribution >= 0.6 is 0 Å². The summed E-state index contributed by atoms with van der Waals surface area (Å²) in [5.41, 5.74) is 0.445. The van der Waals surface area contributed by atoms with Gasteiger partial charge in [-0.3, -0.25) is 4.90 Å². The van der Waals surface area contributed by atoms with E-state index in [0.29, 0.717) is 24.4 Å². The van der Waals surface area contributed by atoms with E-state index in [-0.39, 0.29) is 6.04 Å². The van der Waals surface area contributed by atoms with Crippen LogP contribution in [-0.2, 0) is 21.3 Å². The first-order valence-corrected chi connectivity index (χ1v) is 9.55. The fourth-order valence-electron chi connectivity index (χ4n) is 3.09. The van der Waals surface area contributed by atoms with E-state index in [2.05, 4.69) is 4.90 Å². The highest BCUT2D eigenvalue weighted by Crippen LogP contribution is 2.22. The van der Waals surface area contributed by atoms with Gasteiger partial charge < -0.3 is 9.15 Å². The Bertz CT molecular complexity index is 632. The molecule has 1 aromatic heterocycles. The van der Waals surface area contributed by atoms with Crippen LogP contribution in [0.25, 0.3) is 0 Å². The molecule has 1 saturated heterocycles. The molecule has 130 valence electrons. The lowest BCUT2D eigenvalue weighted by molar-refractivity contribution is 0.0595. The molecule has 1 fully saturated rings. The molecular weight excluding hydrogens is 320 g/mol. The van der Waals surface area contributed by atoms with Crippen molar-refractivity contribution in [2.24, 2.45) is 0 Å². The van der Waals surface area contributed by atoms with Crippen LogP contribution in [0.4, 0.5) is 0 Å². The molecule has 0 unspecified atom stereocenters. The lowest BCUT2D eigenvalue weighted by Crippen LogP contribution is -2.46. The molecule has 0 saturated carbocycles. The Balaban J connectivity index is 1.95. The number of hydrogen-bond acceptors (Lipinski definition) is 6. The summed E-state index contributed by atoms with van der Waals surface area (Å²) in [6, 6.07) is 1.65. The summed E-state index contributed by atoms with van der Waals surface area (Å²) in [5.74, 6) is 0.184. The minimum absolute atomic E-state index is 0.0444. The van der Waals surface area contributed by atoms with Gasteiger partial charge in [0, 0.05) is 25.7 Å². The third-order valence-electron chi connectivity index (χ3n) is 4.22. The van der Waals surface area contributed by atoms with E-state index in [1.165, 1.54) is 19.6 Å². The number of piperidine rings is 1. The number of nitrogens with zero attached hydrogens (tertiary/aromatic N) is 2. The van der Waals surface area contributed by atoms with Gasteiger partial charge in [-0.05, 0) is 18.9 Å². The Morgan fingerprint density at radius 3 is 2.61 bits per heavy atom. The lowest BCUT2D eigenvalue weighted by atomic mass is 10.0. The van der Waals surface area contributed by atoms with Crippen LogP contribution in [0.5, 0.6) is 0 Å². The Morgan fingerprint density at radius 1 is 1.43 bits per heavy atom. The molecule has 0 bridgehead atoms. The molecule has 0 atom stereocenters. The van der Waals surface area contributed by atoms with Crippen molar-refractivity contribution in [2.45, 2.75) is 32.4 Å². The van der Waals surface area contributed by atoms with Gasteiger partial charge in [0.15, 0.2) is 0 Å². The first-order chi connectivity index (χ1) is 10.9. The lowest BCUT2D eigenvalue weighted by Gasteiger charge is -2.36. The normalized spacial score (nSPS) is 17.6. The molecule has 7 nitrogen and oxygen atoms in total. The van der Waals surface area contributed by atoms with Crippen molar-refractivity contribution in [2.75, 3.05) is 33.0 Å². The molecule has 0 aromatic carbocycles. The number of sulfonamides is 1. The number of carbonyl (C=O) groups is 1. The van der Waals surface area contributed by atoms with E-state index in [4.69, 9.17) is 9.15 Å².